The molecule has 0 saturated carbocycles. The van der Waals surface area contributed by atoms with E-state index in [2.05, 4.69) is 4.74 Å². The van der Waals surface area contributed by atoms with E-state index in [0.717, 1.165) is 18.7 Å². The number of amides is 1. The highest BCUT2D eigenvalue weighted by Crippen LogP contribution is 2.60. The third-order valence-electron chi connectivity index (χ3n) is 6.04. The Morgan fingerprint density at radius 2 is 1.62 bits per heavy atom. The Hall–Kier alpha value is -2.39. The highest BCUT2D eigenvalue weighted by Gasteiger charge is 2.72. The van der Waals surface area contributed by atoms with E-state index in [1.54, 1.807) is 13.8 Å². The predicted octanol–water partition coefficient (Wildman–Crippen LogP) is 1.68. The van der Waals surface area contributed by atoms with Crippen LogP contribution in [0.15, 0.2) is 4.90 Å². The van der Waals surface area contributed by atoms with Crippen molar-refractivity contribution >= 4 is 39.7 Å². The van der Waals surface area contributed by atoms with Crippen LogP contribution in [-0.4, -0.2) is 64.4 Å². The lowest BCUT2D eigenvalue weighted by molar-refractivity contribution is -0.153. The van der Waals surface area contributed by atoms with Crippen LogP contribution in [0.4, 0.5) is 17.6 Å². The number of halogens is 4. The molecule has 1 aromatic rings. The predicted molar refractivity (Wildman–Crippen MR) is 105 cm³/mol. The molecule has 3 aliphatic heterocycles. The van der Waals surface area contributed by atoms with Crippen molar-refractivity contribution in [2.24, 2.45) is 11.8 Å². The first-order valence-electron chi connectivity index (χ1n) is 9.88. The average Bonchev–Trinajstić information content (AvgIpc) is 3.31. The summed E-state index contributed by atoms with van der Waals surface area (Å²) in [7, 11) is -5.70. The van der Waals surface area contributed by atoms with Crippen LogP contribution < -0.4 is 4.74 Å². The summed E-state index contributed by atoms with van der Waals surface area (Å²) in [5.74, 6) is -16.6. The molecule has 6 unspecified atom stereocenters. The largest absolute Gasteiger partial charge is 0.459 e. The minimum absolute atomic E-state index is 0.330. The highest BCUT2D eigenvalue weighted by atomic mass is 32.2. The lowest BCUT2D eigenvalue weighted by Gasteiger charge is -2.34. The normalized spacial score (nSPS) is 29.8. The maximum Gasteiger partial charge on any atom is 0.316 e. The van der Waals surface area contributed by atoms with E-state index in [1.165, 1.54) is 4.90 Å². The van der Waals surface area contributed by atoms with E-state index < -0.39 is 96.4 Å². The van der Waals surface area contributed by atoms with E-state index in [0.29, 0.717) is 0 Å². The van der Waals surface area contributed by atoms with Gasteiger partial charge in [-0.2, -0.15) is 17.2 Å². The topological polar surface area (TPSA) is 127 Å². The number of hydrogen-bond donors (Lipinski definition) is 1. The maximum absolute atomic E-state index is 14.4. The number of rotatable bonds is 5. The Morgan fingerprint density at radius 3 is 2.09 bits per heavy atom. The molecule has 0 radical (unpaired) electrons. The van der Waals surface area contributed by atoms with E-state index in [1.807, 2.05) is 0 Å². The van der Waals surface area contributed by atoms with Gasteiger partial charge in [-0.1, -0.05) is 0 Å². The summed E-state index contributed by atoms with van der Waals surface area (Å²) >= 11 is 1.16. The van der Waals surface area contributed by atoms with Crippen LogP contribution in [0.1, 0.15) is 20.8 Å². The number of carbonyl (C=O) groups is 3. The smallest absolute Gasteiger partial charge is 0.316 e. The number of likely N-dealkylation sites (tertiary alicyclic amines) is 1. The van der Waals surface area contributed by atoms with Gasteiger partial charge >= 0.3 is 22.1 Å². The Balaban J connectivity index is 1.73. The first-order valence-corrected chi connectivity index (χ1v) is 12.3. The van der Waals surface area contributed by atoms with E-state index in [9.17, 15) is 40.4 Å². The molecule has 0 aromatic heterocycles. The molecule has 1 amide bonds. The lowest BCUT2D eigenvalue weighted by atomic mass is 9.78. The van der Waals surface area contributed by atoms with Crippen molar-refractivity contribution in [1.29, 1.82) is 0 Å². The van der Waals surface area contributed by atoms with Crippen molar-refractivity contribution in [3.8, 4) is 5.75 Å². The van der Waals surface area contributed by atoms with Gasteiger partial charge in [0.25, 0.3) is 0 Å². The molecule has 1 N–H and O–H groups in total. The molecule has 15 heteroatoms. The molecule has 1 aromatic carbocycles. The number of hydrogen-bond acceptors (Lipinski definition) is 8. The molecule has 0 aliphatic carbocycles. The van der Waals surface area contributed by atoms with Crippen molar-refractivity contribution in [3.63, 3.8) is 0 Å². The standard InChI is InChI=1S/C19H17F4NO8S2/c1-4(2)24-12-14(31-5(3)25)16-7(6(18(24)26)15(12)33-16)19(27)32-13-8(20)10(22)17(34(28,29)30)11(23)9(13)21/h4,6-7,12,14-16H,1-3H3,(H,28,29,30). The summed E-state index contributed by atoms with van der Waals surface area (Å²) in [6, 6.07) is -0.874. The van der Waals surface area contributed by atoms with Crippen molar-refractivity contribution < 1.29 is 54.4 Å². The molecule has 186 valence electrons. The molecule has 6 atom stereocenters. The minimum atomic E-state index is -5.70. The van der Waals surface area contributed by atoms with E-state index in [4.69, 9.17) is 9.29 Å². The molecule has 3 heterocycles. The summed E-state index contributed by atoms with van der Waals surface area (Å²) in [5, 5.41) is -1.35. The fourth-order valence-electron chi connectivity index (χ4n) is 4.93. The molecule has 4 rings (SSSR count). The fraction of sp³-hybridized carbons (Fsp3) is 0.526. The first-order chi connectivity index (χ1) is 15.7. The molecular formula is C19H17F4NO8S2. The van der Waals surface area contributed by atoms with Crippen molar-refractivity contribution in [2.75, 3.05) is 0 Å². The van der Waals surface area contributed by atoms with E-state index in [-0.39, 0.29) is 6.04 Å². The van der Waals surface area contributed by atoms with Crippen LogP contribution in [0.5, 0.6) is 5.75 Å². The Bertz CT molecular complexity index is 1190. The van der Waals surface area contributed by atoms with Gasteiger partial charge in [0.2, 0.25) is 23.3 Å². The number of benzene rings is 1. The first kappa shape index (κ1) is 24.7. The number of thioether (sulfide) groups is 1. The van der Waals surface area contributed by atoms with Gasteiger partial charge in [-0.25, -0.2) is 8.78 Å². The molecule has 0 spiro atoms. The number of ether oxygens (including phenoxy) is 2. The molecule has 3 fully saturated rings. The van der Waals surface area contributed by atoms with Crippen LogP contribution in [0.2, 0.25) is 0 Å². The number of carbonyl (C=O) groups excluding carboxylic acids is 3. The number of fused-ring (bicyclic) bond motifs is 1. The van der Waals surface area contributed by atoms with E-state index >= 15 is 0 Å². The molecule has 9 nitrogen and oxygen atoms in total. The zero-order valence-electron chi connectivity index (χ0n) is 17.6. The lowest BCUT2D eigenvalue weighted by Crippen LogP contribution is -2.51. The van der Waals surface area contributed by atoms with Gasteiger partial charge in [0, 0.05) is 18.2 Å². The summed E-state index contributed by atoms with van der Waals surface area (Å²) in [6.07, 6.45) is -0.944. The third-order valence-corrected chi connectivity index (χ3v) is 8.68. The zero-order chi connectivity index (χ0) is 25.4. The van der Waals surface area contributed by atoms with Gasteiger partial charge in [0.15, 0.2) is 16.5 Å². The zero-order valence-corrected chi connectivity index (χ0v) is 19.3. The second-order valence-corrected chi connectivity index (χ2v) is 11.1. The highest BCUT2D eigenvalue weighted by molar-refractivity contribution is 8.01. The maximum atomic E-state index is 14.4. The minimum Gasteiger partial charge on any atom is -0.459 e. The monoisotopic (exact) mass is 527 g/mol. The van der Waals surface area contributed by atoms with Gasteiger partial charge in [0.05, 0.1) is 23.1 Å². The summed E-state index contributed by atoms with van der Waals surface area (Å²) in [6.45, 7) is 4.56. The second-order valence-electron chi connectivity index (χ2n) is 8.33. The average molecular weight is 527 g/mol. The molecule has 34 heavy (non-hydrogen) atoms. The number of esters is 2. The van der Waals surface area contributed by atoms with Crippen LogP contribution >= 0.6 is 11.8 Å². The van der Waals surface area contributed by atoms with Crippen LogP contribution in [0.3, 0.4) is 0 Å². The van der Waals surface area contributed by atoms with Gasteiger partial charge < -0.3 is 14.4 Å². The molecule has 2 bridgehead atoms. The van der Waals surface area contributed by atoms with Crippen molar-refractivity contribution in [1.82, 2.24) is 4.90 Å². The molecule has 3 saturated heterocycles. The van der Waals surface area contributed by atoms with Crippen LogP contribution in [0.25, 0.3) is 0 Å². The Labute approximate surface area is 194 Å². The Kier molecular flexibility index (Phi) is 5.88. The van der Waals surface area contributed by atoms with Crippen LogP contribution in [-0.2, 0) is 29.2 Å². The Morgan fingerprint density at radius 1 is 1.06 bits per heavy atom. The number of nitrogens with zero attached hydrogens (tertiary/aromatic N) is 1. The summed E-state index contributed by atoms with van der Waals surface area (Å²) < 4.78 is 97.9. The third kappa shape index (κ3) is 3.47. The van der Waals surface area contributed by atoms with Gasteiger partial charge in [-0.15, -0.1) is 11.8 Å². The van der Waals surface area contributed by atoms with Crippen molar-refractivity contribution in [2.45, 2.75) is 54.4 Å². The SMILES string of the molecule is CC(=O)OC1C2SC3C(C(=O)N(C(C)C)C13)C2C(=O)Oc1c(F)c(F)c(S(=O)(=O)O)c(F)c1F. The summed E-state index contributed by atoms with van der Waals surface area (Å²) in [4.78, 5) is 36.9. The molecule has 3 aliphatic rings. The second kappa shape index (κ2) is 8.09. The quantitative estimate of drug-likeness (QED) is 0.200. The molecular weight excluding hydrogens is 510 g/mol. The fourth-order valence-corrected chi connectivity index (χ4v) is 7.65. The van der Waals surface area contributed by atoms with Crippen molar-refractivity contribution in [3.05, 3.63) is 23.3 Å². The summed E-state index contributed by atoms with van der Waals surface area (Å²) in [5.41, 5.74) is 0. The van der Waals surface area contributed by atoms with Gasteiger partial charge in [0.1, 0.15) is 6.10 Å². The van der Waals surface area contributed by atoms with Crippen LogP contribution in [0, 0.1) is 35.1 Å². The van der Waals surface area contributed by atoms with Gasteiger partial charge in [-0.05, 0) is 13.8 Å². The van der Waals surface area contributed by atoms with Gasteiger partial charge in [-0.3, -0.25) is 18.9 Å².